The van der Waals surface area contributed by atoms with Gasteiger partial charge in [-0.25, -0.2) is 4.79 Å². The number of likely N-dealkylation sites (tertiary alicyclic amines) is 1. The summed E-state index contributed by atoms with van der Waals surface area (Å²) in [6, 6.07) is -0.0120. The first-order valence-electron chi connectivity index (χ1n) is 7.02. The maximum absolute atomic E-state index is 11.9. The summed E-state index contributed by atoms with van der Waals surface area (Å²) in [4.78, 5) is 24.2. The van der Waals surface area contributed by atoms with Crippen molar-refractivity contribution in [3.05, 3.63) is 0 Å². The van der Waals surface area contributed by atoms with Crippen LogP contribution in [0.1, 0.15) is 46.5 Å². The first-order chi connectivity index (χ1) is 8.78. The summed E-state index contributed by atoms with van der Waals surface area (Å²) >= 11 is 0. The highest BCUT2D eigenvalue weighted by atomic mass is 16.4. The number of carbonyl (C=O) groups excluding carboxylic acids is 1. The fourth-order valence-electron chi connectivity index (χ4n) is 2.24. The van der Waals surface area contributed by atoms with Crippen molar-refractivity contribution in [2.75, 3.05) is 19.6 Å². The van der Waals surface area contributed by atoms with Crippen molar-refractivity contribution in [2.45, 2.75) is 46.5 Å². The number of amides is 2. The van der Waals surface area contributed by atoms with Gasteiger partial charge in [-0.3, -0.25) is 4.79 Å². The highest BCUT2D eigenvalue weighted by Crippen LogP contribution is 2.21. The van der Waals surface area contributed by atoms with Crippen molar-refractivity contribution in [1.29, 1.82) is 0 Å². The molecule has 0 aromatic carbocycles. The standard InChI is InChI=1S/C14H26N2O3/c1-14(2,3)7-8-15-13(19)16-9-6-11(10-16)4-5-12(17)18/h11H,4-10H2,1-3H3,(H,15,19)(H,17,18). The average molecular weight is 270 g/mol. The van der Waals surface area contributed by atoms with E-state index in [1.54, 1.807) is 4.90 Å². The number of urea groups is 1. The molecular weight excluding hydrogens is 244 g/mol. The second-order valence-electron chi connectivity index (χ2n) is 6.58. The van der Waals surface area contributed by atoms with Crippen molar-refractivity contribution in [3.8, 4) is 0 Å². The fourth-order valence-corrected chi connectivity index (χ4v) is 2.24. The Morgan fingerprint density at radius 3 is 2.63 bits per heavy atom. The SMILES string of the molecule is CC(C)(C)CCNC(=O)N1CCC(CCC(=O)O)C1. The monoisotopic (exact) mass is 270 g/mol. The summed E-state index contributed by atoms with van der Waals surface area (Å²) in [6.07, 6.45) is 2.74. The molecule has 0 radical (unpaired) electrons. The quantitative estimate of drug-likeness (QED) is 0.805. The number of nitrogens with one attached hydrogen (secondary N) is 1. The van der Waals surface area contributed by atoms with E-state index in [2.05, 4.69) is 26.1 Å². The van der Waals surface area contributed by atoms with Gasteiger partial charge in [0.25, 0.3) is 0 Å². The Balaban J connectivity index is 2.22. The van der Waals surface area contributed by atoms with Gasteiger partial charge in [-0.1, -0.05) is 20.8 Å². The molecule has 19 heavy (non-hydrogen) atoms. The van der Waals surface area contributed by atoms with Crippen LogP contribution in [0.5, 0.6) is 0 Å². The molecule has 5 nitrogen and oxygen atoms in total. The molecule has 2 N–H and O–H groups in total. The first kappa shape index (κ1) is 15.8. The Labute approximate surface area is 115 Å². The molecule has 5 heteroatoms. The van der Waals surface area contributed by atoms with E-state index in [4.69, 9.17) is 5.11 Å². The van der Waals surface area contributed by atoms with E-state index in [1.807, 2.05) is 0 Å². The smallest absolute Gasteiger partial charge is 0.317 e. The van der Waals surface area contributed by atoms with Crippen LogP contribution in [-0.4, -0.2) is 41.6 Å². The van der Waals surface area contributed by atoms with Crippen LogP contribution in [0.3, 0.4) is 0 Å². The lowest BCUT2D eigenvalue weighted by Gasteiger charge is -2.21. The molecule has 110 valence electrons. The number of hydrogen-bond acceptors (Lipinski definition) is 2. The number of nitrogens with zero attached hydrogens (tertiary/aromatic N) is 1. The van der Waals surface area contributed by atoms with Crippen LogP contribution >= 0.6 is 0 Å². The zero-order valence-corrected chi connectivity index (χ0v) is 12.2. The topological polar surface area (TPSA) is 69.6 Å². The molecule has 1 atom stereocenters. The zero-order chi connectivity index (χ0) is 14.5. The molecule has 0 spiro atoms. The summed E-state index contributed by atoms with van der Waals surface area (Å²) in [7, 11) is 0. The molecule has 2 amide bonds. The van der Waals surface area contributed by atoms with Crippen LogP contribution in [0, 0.1) is 11.3 Å². The number of carboxylic acids is 1. The number of rotatable bonds is 5. The minimum absolute atomic E-state index is 0.0120. The summed E-state index contributed by atoms with van der Waals surface area (Å²) in [5, 5.41) is 11.6. The molecule has 0 saturated carbocycles. The van der Waals surface area contributed by atoms with Gasteiger partial charge in [-0.15, -0.1) is 0 Å². The Kier molecular flexibility index (Phi) is 5.63. The van der Waals surface area contributed by atoms with Gasteiger partial charge < -0.3 is 15.3 Å². The van der Waals surface area contributed by atoms with Gasteiger partial charge in [0.15, 0.2) is 0 Å². The molecule has 1 heterocycles. The maximum atomic E-state index is 11.9. The number of aliphatic carboxylic acids is 1. The number of carboxylic acid groups (broad SMARTS) is 1. The third kappa shape index (κ3) is 6.45. The van der Waals surface area contributed by atoms with E-state index >= 15 is 0 Å². The van der Waals surface area contributed by atoms with Crippen LogP contribution in [0.4, 0.5) is 4.79 Å². The van der Waals surface area contributed by atoms with Crippen molar-refractivity contribution in [1.82, 2.24) is 10.2 Å². The van der Waals surface area contributed by atoms with Crippen LogP contribution in [-0.2, 0) is 4.79 Å². The molecule has 0 aliphatic carbocycles. The highest BCUT2D eigenvalue weighted by molar-refractivity contribution is 5.74. The number of carbonyl (C=O) groups is 2. The lowest BCUT2D eigenvalue weighted by Crippen LogP contribution is -2.39. The van der Waals surface area contributed by atoms with E-state index in [0.29, 0.717) is 25.4 Å². The predicted octanol–water partition coefficient (Wildman–Crippen LogP) is 2.32. The van der Waals surface area contributed by atoms with E-state index in [-0.39, 0.29) is 17.9 Å². The average Bonchev–Trinajstić information content (AvgIpc) is 2.73. The summed E-state index contributed by atoms with van der Waals surface area (Å²) in [6.45, 7) is 8.57. The molecule has 1 rings (SSSR count). The van der Waals surface area contributed by atoms with Crippen LogP contribution in [0.25, 0.3) is 0 Å². The van der Waals surface area contributed by atoms with Gasteiger partial charge >= 0.3 is 12.0 Å². The van der Waals surface area contributed by atoms with Crippen molar-refractivity contribution < 1.29 is 14.7 Å². The van der Waals surface area contributed by atoms with Gasteiger partial charge in [0.1, 0.15) is 0 Å². The Morgan fingerprint density at radius 1 is 1.37 bits per heavy atom. The van der Waals surface area contributed by atoms with Crippen molar-refractivity contribution >= 4 is 12.0 Å². The largest absolute Gasteiger partial charge is 0.481 e. The second kappa shape index (κ2) is 6.78. The van der Waals surface area contributed by atoms with Gasteiger partial charge in [0.05, 0.1) is 0 Å². The predicted molar refractivity (Wildman–Crippen MR) is 74.0 cm³/mol. The second-order valence-corrected chi connectivity index (χ2v) is 6.58. The van der Waals surface area contributed by atoms with Gasteiger partial charge in [0.2, 0.25) is 0 Å². The maximum Gasteiger partial charge on any atom is 0.317 e. The van der Waals surface area contributed by atoms with Crippen LogP contribution < -0.4 is 5.32 Å². The van der Waals surface area contributed by atoms with Crippen LogP contribution in [0.2, 0.25) is 0 Å². The molecule has 0 aromatic heterocycles. The molecule has 1 fully saturated rings. The van der Waals surface area contributed by atoms with Gasteiger partial charge in [0, 0.05) is 26.1 Å². The summed E-state index contributed by atoms with van der Waals surface area (Å²) < 4.78 is 0. The Bertz CT molecular complexity index is 323. The van der Waals surface area contributed by atoms with E-state index in [9.17, 15) is 9.59 Å². The molecule has 1 saturated heterocycles. The number of hydrogen-bond donors (Lipinski definition) is 2. The minimum Gasteiger partial charge on any atom is -0.481 e. The fraction of sp³-hybridized carbons (Fsp3) is 0.857. The normalized spacial score (nSPS) is 19.5. The molecule has 1 aliphatic heterocycles. The zero-order valence-electron chi connectivity index (χ0n) is 12.2. The van der Waals surface area contributed by atoms with E-state index in [0.717, 1.165) is 19.4 Å². The Morgan fingerprint density at radius 2 is 2.05 bits per heavy atom. The van der Waals surface area contributed by atoms with E-state index < -0.39 is 5.97 Å². The van der Waals surface area contributed by atoms with E-state index in [1.165, 1.54) is 0 Å². The summed E-state index contributed by atoms with van der Waals surface area (Å²) in [5.41, 5.74) is 0.225. The lowest BCUT2D eigenvalue weighted by molar-refractivity contribution is -0.137. The third-order valence-corrected chi connectivity index (χ3v) is 3.49. The lowest BCUT2D eigenvalue weighted by atomic mass is 9.92. The van der Waals surface area contributed by atoms with Crippen molar-refractivity contribution in [3.63, 3.8) is 0 Å². The molecule has 1 aliphatic rings. The van der Waals surface area contributed by atoms with Gasteiger partial charge in [-0.2, -0.15) is 0 Å². The minimum atomic E-state index is -0.756. The Hall–Kier alpha value is -1.26. The molecule has 1 unspecified atom stereocenters. The first-order valence-corrected chi connectivity index (χ1v) is 7.02. The molecule has 0 bridgehead atoms. The highest BCUT2D eigenvalue weighted by Gasteiger charge is 2.26. The molecule has 0 aromatic rings. The molecular formula is C14H26N2O3. The van der Waals surface area contributed by atoms with Crippen molar-refractivity contribution in [2.24, 2.45) is 11.3 Å². The summed E-state index contributed by atoms with van der Waals surface area (Å²) in [5.74, 6) is -0.419. The van der Waals surface area contributed by atoms with Crippen LogP contribution in [0.15, 0.2) is 0 Å². The third-order valence-electron chi connectivity index (χ3n) is 3.49. The van der Waals surface area contributed by atoms with Gasteiger partial charge in [-0.05, 0) is 30.6 Å².